The van der Waals surface area contributed by atoms with Gasteiger partial charge >= 0.3 is 0 Å². The second kappa shape index (κ2) is 6.54. The van der Waals surface area contributed by atoms with E-state index in [-0.39, 0.29) is 5.91 Å². The number of aromatic nitrogens is 3. The second-order valence-corrected chi connectivity index (χ2v) is 5.63. The number of hydrogen-bond acceptors (Lipinski definition) is 4. The number of carbonyl (C=O) groups excluding carboxylic acids is 1. The smallest absolute Gasteiger partial charge is 0.246 e. The number of anilines is 1. The third-order valence-corrected chi connectivity index (χ3v) is 3.83. The van der Waals surface area contributed by atoms with Gasteiger partial charge in [0, 0.05) is 31.8 Å². The number of para-hydroxylation sites is 1. The van der Waals surface area contributed by atoms with E-state index in [9.17, 15) is 4.79 Å². The maximum atomic E-state index is 12.3. The average molecular weight is 321 g/mol. The zero-order valence-electron chi connectivity index (χ0n) is 13.7. The van der Waals surface area contributed by atoms with Gasteiger partial charge < -0.3 is 10.6 Å². The summed E-state index contributed by atoms with van der Waals surface area (Å²) in [6.45, 7) is 0.449. The fourth-order valence-electron chi connectivity index (χ4n) is 2.52. The molecule has 0 atom stereocenters. The molecule has 0 aliphatic heterocycles. The third kappa shape index (κ3) is 3.27. The molecule has 0 radical (unpaired) electrons. The first-order valence-corrected chi connectivity index (χ1v) is 7.60. The first-order valence-electron chi connectivity index (χ1n) is 7.60. The number of rotatable bonds is 4. The predicted octanol–water partition coefficient (Wildman–Crippen LogP) is 2.22. The van der Waals surface area contributed by atoms with Gasteiger partial charge in [0.05, 0.1) is 17.8 Å². The minimum absolute atomic E-state index is 0.0958. The van der Waals surface area contributed by atoms with Crippen molar-refractivity contribution in [3.63, 3.8) is 0 Å². The van der Waals surface area contributed by atoms with E-state index in [1.54, 1.807) is 30.3 Å². The van der Waals surface area contributed by atoms with Crippen molar-refractivity contribution < 1.29 is 4.79 Å². The normalized spacial score (nSPS) is 11.2. The molecule has 0 spiro atoms. The molecule has 2 aromatic heterocycles. The number of carbonyl (C=O) groups is 1. The molecule has 6 heteroatoms. The Kier molecular flexibility index (Phi) is 4.29. The molecule has 3 aromatic rings. The Bertz CT molecular complexity index is 895. The lowest BCUT2D eigenvalue weighted by Crippen LogP contribution is -2.24. The summed E-state index contributed by atoms with van der Waals surface area (Å²) in [5.41, 5.74) is 8.31. The van der Waals surface area contributed by atoms with E-state index in [4.69, 9.17) is 5.73 Å². The highest BCUT2D eigenvalue weighted by Crippen LogP contribution is 2.18. The van der Waals surface area contributed by atoms with Gasteiger partial charge in [0.2, 0.25) is 5.91 Å². The number of nitrogens with two attached hydrogens (primary N) is 1. The van der Waals surface area contributed by atoms with Crippen LogP contribution in [0.2, 0.25) is 0 Å². The van der Waals surface area contributed by atoms with Gasteiger partial charge in [-0.25, -0.2) is 4.98 Å². The zero-order chi connectivity index (χ0) is 17.1. The summed E-state index contributed by atoms with van der Waals surface area (Å²) in [6, 6.07) is 11.5. The summed E-state index contributed by atoms with van der Waals surface area (Å²) in [6.07, 6.45) is 4.88. The molecule has 0 saturated carbocycles. The number of pyridine rings is 1. The number of likely N-dealkylation sites (N-methyl/N-ethyl adjacent to an activating group) is 1. The van der Waals surface area contributed by atoms with Crippen LogP contribution in [0.15, 0.2) is 48.7 Å². The Balaban J connectivity index is 1.72. The molecule has 24 heavy (non-hydrogen) atoms. The van der Waals surface area contributed by atoms with E-state index in [1.165, 1.54) is 6.08 Å². The topological polar surface area (TPSA) is 77.0 Å². The number of benzene rings is 1. The van der Waals surface area contributed by atoms with Crippen LogP contribution in [-0.4, -0.2) is 32.6 Å². The van der Waals surface area contributed by atoms with Crippen molar-refractivity contribution in [2.75, 3.05) is 12.8 Å². The minimum Gasteiger partial charge on any atom is -0.384 e. The van der Waals surface area contributed by atoms with Gasteiger partial charge in [-0.15, -0.1) is 0 Å². The zero-order valence-corrected chi connectivity index (χ0v) is 13.7. The van der Waals surface area contributed by atoms with Gasteiger partial charge in [-0.3, -0.25) is 9.48 Å². The molecule has 6 nitrogen and oxygen atoms in total. The van der Waals surface area contributed by atoms with Crippen LogP contribution in [0.4, 0.5) is 5.82 Å². The van der Waals surface area contributed by atoms with Gasteiger partial charge in [0.1, 0.15) is 5.82 Å². The van der Waals surface area contributed by atoms with Crippen LogP contribution in [0.5, 0.6) is 0 Å². The lowest BCUT2D eigenvalue weighted by atomic mass is 10.2. The number of hydrogen-bond donors (Lipinski definition) is 1. The van der Waals surface area contributed by atoms with Gasteiger partial charge in [0.25, 0.3) is 0 Å². The highest BCUT2D eigenvalue weighted by molar-refractivity contribution is 5.92. The van der Waals surface area contributed by atoms with Crippen LogP contribution in [0.25, 0.3) is 17.0 Å². The third-order valence-electron chi connectivity index (χ3n) is 3.83. The second-order valence-electron chi connectivity index (χ2n) is 5.63. The van der Waals surface area contributed by atoms with Crippen LogP contribution in [0.3, 0.4) is 0 Å². The fraction of sp³-hybridized carbons (Fsp3) is 0.167. The summed E-state index contributed by atoms with van der Waals surface area (Å²) >= 11 is 0. The molecule has 0 unspecified atom stereocenters. The standard InChI is InChI=1S/C18H19N5O/c1-22(18(24)10-8-13-7-9-17(19)20-11-13)12-15-14-5-3-4-6-16(14)23(2)21-15/h3-11H,12H2,1-2H3,(H2,19,20)/b10-8+. The Hall–Kier alpha value is -3.15. The van der Waals surface area contributed by atoms with E-state index < -0.39 is 0 Å². The number of amides is 1. The largest absolute Gasteiger partial charge is 0.384 e. The Morgan fingerprint density at radius 1 is 1.29 bits per heavy atom. The van der Waals surface area contributed by atoms with E-state index >= 15 is 0 Å². The van der Waals surface area contributed by atoms with E-state index in [0.717, 1.165) is 22.2 Å². The highest BCUT2D eigenvalue weighted by Gasteiger charge is 2.12. The molecule has 1 amide bonds. The molecule has 3 rings (SSSR count). The SMILES string of the molecule is CN(Cc1nn(C)c2ccccc12)C(=O)/C=C/c1ccc(N)nc1. The number of aryl methyl sites for hydroxylation is 1. The molecule has 2 heterocycles. The maximum absolute atomic E-state index is 12.3. The molecule has 0 bridgehead atoms. The molecule has 2 N–H and O–H groups in total. The van der Waals surface area contributed by atoms with Gasteiger partial charge in [0.15, 0.2) is 0 Å². The van der Waals surface area contributed by atoms with Crippen LogP contribution in [0, 0.1) is 0 Å². The summed E-state index contributed by atoms with van der Waals surface area (Å²) in [5, 5.41) is 5.58. The van der Waals surface area contributed by atoms with Crippen LogP contribution in [0.1, 0.15) is 11.3 Å². The first kappa shape index (κ1) is 15.7. The summed E-state index contributed by atoms with van der Waals surface area (Å²) in [4.78, 5) is 17.9. The molecule has 0 aliphatic rings. The summed E-state index contributed by atoms with van der Waals surface area (Å²) < 4.78 is 1.83. The summed E-state index contributed by atoms with van der Waals surface area (Å²) in [5.74, 6) is 0.360. The Labute approximate surface area is 140 Å². The van der Waals surface area contributed by atoms with Crippen molar-refractivity contribution in [2.24, 2.45) is 7.05 Å². The van der Waals surface area contributed by atoms with Crippen molar-refractivity contribution >= 4 is 28.7 Å². The number of nitrogens with zero attached hydrogens (tertiary/aromatic N) is 4. The van der Waals surface area contributed by atoms with E-state index in [0.29, 0.717) is 12.4 Å². The summed E-state index contributed by atoms with van der Waals surface area (Å²) in [7, 11) is 3.67. The lowest BCUT2D eigenvalue weighted by Gasteiger charge is -2.13. The number of nitrogen functional groups attached to an aromatic ring is 1. The quantitative estimate of drug-likeness (QED) is 0.748. The minimum atomic E-state index is -0.0958. The maximum Gasteiger partial charge on any atom is 0.246 e. The lowest BCUT2D eigenvalue weighted by molar-refractivity contribution is -0.125. The van der Waals surface area contributed by atoms with Crippen molar-refractivity contribution in [1.82, 2.24) is 19.7 Å². The molecule has 1 aromatic carbocycles. The predicted molar refractivity (Wildman–Crippen MR) is 94.9 cm³/mol. The monoisotopic (exact) mass is 321 g/mol. The van der Waals surface area contributed by atoms with Crippen LogP contribution < -0.4 is 5.73 Å². The van der Waals surface area contributed by atoms with Crippen LogP contribution in [-0.2, 0) is 18.4 Å². The average Bonchev–Trinajstić information content (AvgIpc) is 2.90. The van der Waals surface area contributed by atoms with E-state index in [2.05, 4.69) is 10.1 Å². The molecular weight excluding hydrogens is 302 g/mol. The van der Waals surface area contributed by atoms with Gasteiger partial charge in [-0.2, -0.15) is 5.10 Å². The van der Waals surface area contributed by atoms with Crippen molar-refractivity contribution in [1.29, 1.82) is 0 Å². The highest BCUT2D eigenvalue weighted by atomic mass is 16.2. The van der Waals surface area contributed by atoms with Gasteiger partial charge in [-0.1, -0.05) is 18.2 Å². The molecular formula is C18H19N5O. The Morgan fingerprint density at radius 2 is 2.08 bits per heavy atom. The first-order chi connectivity index (χ1) is 11.5. The van der Waals surface area contributed by atoms with E-state index in [1.807, 2.05) is 42.1 Å². The Morgan fingerprint density at radius 3 is 2.83 bits per heavy atom. The molecule has 0 saturated heterocycles. The van der Waals surface area contributed by atoms with Crippen molar-refractivity contribution in [2.45, 2.75) is 6.54 Å². The fourth-order valence-corrected chi connectivity index (χ4v) is 2.52. The van der Waals surface area contributed by atoms with Crippen LogP contribution >= 0.6 is 0 Å². The van der Waals surface area contributed by atoms with Gasteiger partial charge in [-0.05, 0) is 29.8 Å². The molecule has 122 valence electrons. The van der Waals surface area contributed by atoms with Crippen molar-refractivity contribution in [3.8, 4) is 0 Å². The molecule has 0 aliphatic carbocycles. The number of fused-ring (bicyclic) bond motifs is 1. The molecule has 0 fully saturated rings. The van der Waals surface area contributed by atoms with Crippen molar-refractivity contribution in [3.05, 3.63) is 59.9 Å².